The summed E-state index contributed by atoms with van der Waals surface area (Å²) in [7, 11) is 1.70. The fourth-order valence-corrected chi connectivity index (χ4v) is 2.35. The van der Waals surface area contributed by atoms with E-state index in [4.69, 9.17) is 9.47 Å². The first-order valence-corrected chi connectivity index (χ1v) is 7.01. The highest BCUT2D eigenvalue weighted by atomic mass is 32.1. The van der Waals surface area contributed by atoms with Crippen molar-refractivity contribution in [3.8, 4) is 5.75 Å². The fraction of sp³-hybridized carbons (Fsp3) is 0.357. The molecular formula is C14H18N2O2S. The monoisotopic (exact) mass is 278 g/mol. The summed E-state index contributed by atoms with van der Waals surface area (Å²) in [5.41, 5.74) is 0. The number of rotatable bonds is 8. The number of hydrogen-bond donors (Lipinski definition) is 1. The summed E-state index contributed by atoms with van der Waals surface area (Å²) in [6, 6.07) is 9.78. The lowest BCUT2D eigenvalue weighted by atomic mass is 10.3. The third kappa shape index (κ3) is 4.98. The Morgan fingerprint density at radius 3 is 2.89 bits per heavy atom. The van der Waals surface area contributed by atoms with Crippen molar-refractivity contribution >= 4 is 11.3 Å². The van der Waals surface area contributed by atoms with Crippen LogP contribution in [0.15, 0.2) is 36.5 Å². The van der Waals surface area contributed by atoms with Crippen LogP contribution in [0, 0.1) is 0 Å². The van der Waals surface area contributed by atoms with Gasteiger partial charge < -0.3 is 14.8 Å². The van der Waals surface area contributed by atoms with E-state index in [0.29, 0.717) is 6.61 Å². The maximum atomic E-state index is 5.66. The van der Waals surface area contributed by atoms with Gasteiger partial charge in [-0.2, -0.15) is 0 Å². The number of methoxy groups -OCH3 is 1. The van der Waals surface area contributed by atoms with Crippen LogP contribution in [0.5, 0.6) is 5.75 Å². The molecule has 0 bridgehead atoms. The van der Waals surface area contributed by atoms with Crippen LogP contribution in [0.3, 0.4) is 0 Å². The summed E-state index contributed by atoms with van der Waals surface area (Å²) < 4.78 is 10.6. The molecule has 0 unspecified atom stereocenters. The second-order valence-electron chi connectivity index (χ2n) is 3.99. The SMILES string of the molecule is COCCNCc1cnc(COc2ccccc2)s1. The molecule has 1 aromatic carbocycles. The minimum absolute atomic E-state index is 0.521. The largest absolute Gasteiger partial charge is 0.486 e. The highest BCUT2D eigenvalue weighted by molar-refractivity contribution is 7.11. The van der Waals surface area contributed by atoms with Crippen LogP contribution in [-0.4, -0.2) is 25.2 Å². The average Bonchev–Trinajstić information content (AvgIpc) is 2.91. The van der Waals surface area contributed by atoms with Gasteiger partial charge in [-0.15, -0.1) is 11.3 Å². The molecule has 0 aliphatic rings. The second kappa shape index (κ2) is 7.89. The van der Waals surface area contributed by atoms with Gasteiger partial charge in [0, 0.05) is 31.3 Å². The Bertz CT molecular complexity index is 473. The van der Waals surface area contributed by atoms with Crippen LogP contribution in [-0.2, 0) is 17.9 Å². The molecular weight excluding hydrogens is 260 g/mol. The number of ether oxygens (including phenoxy) is 2. The Morgan fingerprint density at radius 1 is 1.26 bits per heavy atom. The van der Waals surface area contributed by atoms with Gasteiger partial charge >= 0.3 is 0 Å². The molecule has 0 saturated carbocycles. The molecule has 0 radical (unpaired) electrons. The van der Waals surface area contributed by atoms with Gasteiger partial charge in [0.1, 0.15) is 17.4 Å². The molecule has 0 atom stereocenters. The van der Waals surface area contributed by atoms with E-state index >= 15 is 0 Å². The number of benzene rings is 1. The number of hydrogen-bond acceptors (Lipinski definition) is 5. The first kappa shape index (κ1) is 14.0. The maximum absolute atomic E-state index is 5.66. The van der Waals surface area contributed by atoms with E-state index in [1.54, 1.807) is 18.4 Å². The molecule has 1 aromatic heterocycles. The van der Waals surface area contributed by atoms with Crippen molar-refractivity contribution in [2.75, 3.05) is 20.3 Å². The molecule has 0 saturated heterocycles. The molecule has 4 nitrogen and oxygen atoms in total. The number of aromatic nitrogens is 1. The summed E-state index contributed by atoms with van der Waals surface area (Å²) in [6.45, 7) is 2.92. The molecule has 0 aliphatic heterocycles. The third-order valence-corrected chi connectivity index (χ3v) is 3.46. The van der Waals surface area contributed by atoms with Gasteiger partial charge in [0.2, 0.25) is 0 Å². The predicted octanol–water partition coefficient (Wildman–Crippen LogP) is 2.46. The summed E-state index contributed by atoms with van der Waals surface area (Å²) in [5.74, 6) is 0.873. The van der Waals surface area contributed by atoms with E-state index in [2.05, 4.69) is 10.3 Å². The zero-order valence-electron chi connectivity index (χ0n) is 11.0. The van der Waals surface area contributed by atoms with E-state index in [1.807, 2.05) is 36.5 Å². The molecule has 102 valence electrons. The summed E-state index contributed by atoms with van der Waals surface area (Å²) in [6.07, 6.45) is 1.90. The Morgan fingerprint density at radius 2 is 2.11 bits per heavy atom. The topological polar surface area (TPSA) is 43.4 Å². The fourth-order valence-electron chi connectivity index (χ4n) is 1.54. The van der Waals surface area contributed by atoms with Crippen molar-refractivity contribution in [2.45, 2.75) is 13.2 Å². The highest BCUT2D eigenvalue weighted by Crippen LogP contribution is 2.16. The van der Waals surface area contributed by atoms with Crippen LogP contribution >= 0.6 is 11.3 Å². The molecule has 2 rings (SSSR count). The Balaban J connectivity index is 1.74. The van der Waals surface area contributed by atoms with E-state index < -0.39 is 0 Å². The van der Waals surface area contributed by atoms with E-state index in [-0.39, 0.29) is 0 Å². The lowest BCUT2D eigenvalue weighted by Gasteiger charge is -2.02. The lowest BCUT2D eigenvalue weighted by molar-refractivity contribution is 0.199. The van der Waals surface area contributed by atoms with Crippen LogP contribution in [0.25, 0.3) is 0 Å². The molecule has 0 fully saturated rings. The molecule has 2 aromatic rings. The van der Waals surface area contributed by atoms with Crippen molar-refractivity contribution < 1.29 is 9.47 Å². The van der Waals surface area contributed by atoms with Gasteiger partial charge in [-0.25, -0.2) is 4.98 Å². The zero-order valence-corrected chi connectivity index (χ0v) is 11.8. The van der Waals surface area contributed by atoms with Crippen LogP contribution in [0.1, 0.15) is 9.88 Å². The smallest absolute Gasteiger partial charge is 0.140 e. The van der Waals surface area contributed by atoms with Gasteiger partial charge in [0.15, 0.2) is 0 Å². The molecule has 19 heavy (non-hydrogen) atoms. The van der Waals surface area contributed by atoms with Crippen LogP contribution < -0.4 is 10.1 Å². The Hall–Kier alpha value is -1.43. The van der Waals surface area contributed by atoms with Crippen LogP contribution in [0.4, 0.5) is 0 Å². The van der Waals surface area contributed by atoms with Gasteiger partial charge in [-0.3, -0.25) is 0 Å². The van der Waals surface area contributed by atoms with E-state index in [0.717, 1.165) is 30.5 Å². The first-order chi connectivity index (χ1) is 9.38. The molecule has 5 heteroatoms. The summed E-state index contributed by atoms with van der Waals surface area (Å²) >= 11 is 1.67. The summed E-state index contributed by atoms with van der Waals surface area (Å²) in [5, 5.41) is 4.29. The van der Waals surface area contributed by atoms with Crippen molar-refractivity contribution in [1.82, 2.24) is 10.3 Å². The van der Waals surface area contributed by atoms with Gasteiger partial charge in [0.25, 0.3) is 0 Å². The van der Waals surface area contributed by atoms with Crippen molar-refractivity contribution in [2.24, 2.45) is 0 Å². The van der Waals surface area contributed by atoms with Crippen molar-refractivity contribution in [3.05, 3.63) is 46.4 Å². The lowest BCUT2D eigenvalue weighted by Crippen LogP contribution is -2.17. The molecule has 1 N–H and O–H groups in total. The number of nitrogens with zero attached hydrogens (tertiary/aromatic N) is 1. The highest BCUT2D eigenvalue weighted by Gasteiger charge is 2.02. The predicted molar refractivity (Wildman–Crippen MR) is 76.5 cm³/mol. The summed E-state index contributed by atoms with van der Waals surface area (Å²) in [4.78, 5) is 5.56. The van der Waals surface area contributed by atoms with E-state index in [1.165, 1.54) is 4.88 Å². The first-order valence-electron chi connectivity index (χ1n) is 6.19. The third-order valence-electron chi connectivity index (χ3n) is 2.49. The molecule has 0 amide bonds. The quantitative estimate of drug-likeness (QED) is 0.753. The van der Waals surface area contributed by atoms with Gasteiger partial charge in [-0.1, -0.05) is 18.2 Å². The van der Waals surface area contributed by atoms with Gasteiger partial charge in [-0.05, 0) is 12.1 Å². The Labute approximate surface area is 117 Å². The Kier molecular flexibility index (Phi) is 5.81. The molecule has 0 aliphatic carbocycles. The van der Waals surface area contributed by atoms with Crippen LogP contribution in [0.2, 0.25) is 0 Å². The minimum atomic E-state index is 0.521. The number of para-hydroxylation sites is 1. The normalized spacial score (nSPS) is 10.6. The van der Waals surface area contributed by atoms with Crippen molar-refractivity contribution in [1.29, 1.82) is 0 Å². The van der Waals surface area contributed by atoms with Crippen molar-refractivity contribution in [3.63, 3.8) is 0 Å². The number of nitrogens with one attached hydrogen (secondary N) is 1. The van der Waals surface area contributed by atoms with Gasteiger partial charge in [0.05, 0.1) is 6.61 Å². The maximum Gasteiger partial charge on any atom is 0.140 e. The van der Waals surface area contributed by atoms with E-state index in [9.17, 15) is 0 Å². The minimum Gasteiger partial charge on any atom is -0.486 e. The second-order valence-corrected chi connectivity index (χ2v) is 5.19. The average molecular weight is 278 g/mol. The number of thiazole rings is 1. The molecule has 0 spiro atoms. The molecule has 1 heterocycles. The standard InChI is InChI=1S/C14H18N2O2S/c1-17-8-7-15-9-13-10-16-14(19-13)11-18-12-5-3-2-4-6-12/h2-6,10,15H,7-9,11H2,1H3. The zero-order chi connectivity index (χ0) is 13.3.